The maximum atomic E-state index is 13.6. The van der Waals surface area contributed by atoms with Gasteiger partial charge in [0.1, 0.15) is 24.2 Å². The molecule has 4 N–H and O–H groups in total. The first-order valence-electron chi connectivity index (χ1n) is 18.6. The van der Waals surface area contributed by atoms with E-state index in [1.54, 1.807) is 11.1 Å². The number of imidazole rings is 2. The molecule has 2 aliphatic heterocycles. The molecule has 3 aromatic carbocycles. The number of ether oxygens (including phenoxy) is 2. The number of hydrogen-bond donors (Lipinski definition) is 4. The van der Waals surface area contributed by atoms with Crippen molar-refractivity contribution in [2.45, 2.75) is 57.7 Å². The van der Waals surface area contributed by atoms with Gasteiger partial charge in [-0.05, 0) is 71.2 Å². The molecule has 0 bridgehead atoms. The Kier molecular flexibility index (Phi) is 10.8. The third kappa shape index (κ3) is 7.89. The number of methoxy groups -OCH3 is 2. The molecule has 0 unspecified atom stereocenters. The summed E-state index contributed by atoms with van der Waals surface area (Å²) in [6.07, 6.45) is 5.64. The van der Waals surface area contributed by atoms with Crippen molar-refractivity contribution >= 4 is 34.8 Å². The fourth-order valence-electron chi connectivity index (χ4n) is 7.60. The van der Waals surface area contributed by atoms with E-state index in [4.69, 9.17) is 9.72 Å². The van der Waals surface area contributed by atoms with Crippen LogP contribution in [0, 0.1) is 5.92 Å². The highest BCUT2D eigenvalue weighted by atomic mass is 16.5. The third-order valence-electron chi connectivity index (χ3n) is 10.6. The Hall–Kier alpha value is -6.18. The third-order valence-corrected chi connectivity index (χ3v) is 10.6. The summed E-state index contributed by atoms with van der Waals surface area (Å²) in [4.78, 5) is 69.5. The first-order valence-corrected chi connectivity index (χ1v) is 18.6. The number of alkyl carbamates (subject to hydrolysis) is 2. The summed E-state index contributed by atoms with van der Waals surface area (Å²) in [5, 5.41) is 7.36. The van der Waals surface area contributed by atoms with Gasteiger partial charge in [-0.2, -0.15) is 0 Å². The summed E-state index contributed by atoms with van der Waals surface area (Å²) in [6.45, 7) is 4.89. The van der Waals surface area contributed by atoms with Crippen LogP contribution in [0.25, 0.3) is 44.4 Å². The molecule has 3 atom stereocenters. The van der Waals surface area contributed by atoms with Crippen LogP contribution in [0.1, 0.15) is 63.3 Å². The van der Waals surface area contributed by atoms with Crippen molar-refractivity contribution in [2.24, 2.45) is 5.92 Å². The number of aromatic amines is 2. The number of hydrogen-bond acceptors (Lipinski definition) is 8. The minimum atomic E-state index is -0.686. The van der Waals surface area contributed by atoms with Crippen LogP contribution in [0.4, 0.5) is 9.59 Å². The Labute approximate surface area is 319 Å². The largest absolute Gasteiger partial charge is 0.453 e. The second-order valence-electron chi connectivity index (χ2n) is 14.4. The van der Waals surface area contributed by atoms with Gasteiger partial charge in [0.2, 0.25) is 11.8 Å². The van der Waals surface area contributed by atoms with Crippen LogP contribution in [0.5, 0.6) is 0 Å². The van der Waals surface area contributed by atoms with Crippen molar-refractivity contribution in [3.8, 4) is 33.6 Å². The van der Waals surface area contributed by atoms with Crippen LogP contribution in [0.3, 0.4) is 0 Å². The van der Waals surface area contributed by atoms with Crippen molar-refractivity contribution < 1.29 is 28.7 Å². The predicted molar refractivity (Wildman–Crippen MR) is 206 cm³/mol. The minimum absolute atomic E-state index is 0.103. The van der Waals surface area contributed by atoms with Gasteiger partial charge in [-0.15, -0.1) is 0 Å². The number of benzene rings is 3. The normalized spacial score (nSPS) is 17.4. The molecule has 286 valence electrons. The standard InChI is InChI=1S/C41H46N8O6/c1-24(2)36(47-41(53)55-4)39(51)49-18-6-8-34(49)38-43-22-32(46-38)30-16-15-28-19-27(13-14-29(28)20-30)25-9-11-26(12-10-25)31-21-42-37(45-31)33-7-5-17-48(33)35(50)23-44-40(52)54-3/h9-16,19-22,24,33-34,36H,5-8,17-18,23H2,1-4H3,(H,42,45)(H,43,46)(H,44,52)(H,47,53)/t33-,34-,36-/m0/s1. The number of nitrogens with zero attached hydrogens (tertiary/aromatic N) is 4. The molecule has 5 aromatic rings. The average Bonchev–Trinajstić information content (AvgIpc) is 4.05. The van der Waals surface area contributed by atoms with E-state index in [9.17, 15) is 19.2 Å². The molecule has 4 heterocycles. The van der Waals surface area contributed by atoms with Gasteiger partial charge in [0.25, 0.3) is 0 Å². The van der Waals surface area contributed by atoms with E-state index in [0.29, 0.717) is 13.1 Å². The summed E-state index contributed by atoms with van der Waals surface area (Å²) >= 11 is 0. The first kappa shape index (κ1) is 37.1. The molecule has 7 rings (SSSR count). The maximum Gasteiger partial charge on any atom is 0.407 e. The van der Waals surface area contributed by atoms with Gasteiger partial charge < -0.3 is 39.9 Å². The number of nitrogens with one attached hydrogen (secondary N) is 4. The van der Waals surface area contributed by atoms with Crippen LogP contribution >= 0.6 is 0 Å². The van der Waals surface area contributed by atoms with E-state index in [1.165, 1.54) is 14.2 Å². The van der Waals surface area contributed by atoms with Crippen molar-refractivity contribution in [3.05, 3.63) is 84.7 Å². The zero-order valence-electron chi connectivity index (χ0n) is 31.4. The quantitative estimate of drug-likeness (QED) is 0.128. The van der Waals surface area contributed by atoms with Gasteiger partial charge in [-0.3, -0.25) is 9.59 Å². The number of fused-ring (bicyclic) bond motifs is 1. The van der Waals surface area contributed by atoms with Crippen LogP contribution in [0.15, 0.2) is 73.1 Å². The summed E-state index contributed by atoms with van der Waals surface area (Å²) in [5.74, 6) is 1.04. The highest BCUT2D eigenvalue weighted by molar-refractivity contribution is 5.91. The van der Waals surface area contributed by atoms with Gasteiger partial charge >= 0.3 is 12.2 Å². The fourth-order valence-corrected chi connectivity index (χ4v) is 7.60. The van der Waals surface area contributed by atoms with Gasteiger partial charge in [-0.25, -0.2) is 19.6 Å². The monoisotopic (exact) mass is 746 g/mol. The van der Waals surface area contributed by atoms with E-state index >= 15 is 0 Å². The van der Waals surface area contributed by atoms with E-state index in [2.05, 4.69) is 91.0 Å². The van der Waals surface area contributed by atoms with Gasteiger partial charge in [0.15, 0.2) is 0 Å². The molecule has 0 saturated carbocycles. The lowest BCUT2D eigenvalue weighted by molar-refractivity contribution is -0.135. The number of carbonyl (C=O) groups is 4. The number of aromatic nitrogens is 4. The van der Waals surface area contributed by atoms with Crippen LogP contribution in [-0.4, -0.2) is 93.6 Å². The number of amides is 4. The molecule has 55 heavy (non-hydrogen) atoms. The SMILES string of the molecule is COC(=O)NCC(=O)N1CCC[C@H]1c1ncc(-c2ccc(-c3ccc4cc(-c5cnc([C@@H]6CCCN6C(=O)[C@@H](NC(=O)OC)C(C)C)[nH]5)ccc4c3)cc2)[nH]1. The number of H-pyrrole nitrogens is 2. The van der Waals surface area contributed by atoms with E-state index in [-0.39, 0.29) is 36.4 Å². The summed E-state index contributed by atoms with van der Waals surface area (Å²) in [6, 6.07) is 20.0. The first-order chi connectivity index (χ1) is 26.6. The number of rotatable bonds is 10. The molecule has 2 aromatic heterocycles. The Morgan fingerprint density at radius 2 is 1.25 bits per heavy atom. The highest BCUT2D eigenvalue weighted by Crippen LogP contribution is 2.35. The van der Waals surface area contributed by atoms with E-state index < -0.39 is 18.2 Å². The molecule has 0 spiro atoms. The summed E-state index contributed by atoms with van der Waals surface area (Å²) < 4.78 is 9.34. The second kappa shape index (κ2) is 16.0. The molecule has 14 nitrogen and oxygen atoms in total. The van der Waals surface area contributed by atoms with Crippen LogP contribution in [0.2, 0.25) is 0 Å². The average molecular weight is 747 g/mol. The predicted octanol–water partition coefficient (Wildman–Crippen LogP) is 6.35. The van der Waals surface area contributed by atoms with E-state index in [1.807, 2.05) is 24.9 Å². The molecule has 0 radical (unpaired) electrons. The van der Waals surface area contributed by atoms with Crippen LogP contribution < -0.4 is 10.6 Å². The smallest absolute Gasteiger partial charge is 0.407 e. The molecule has 2 saturated heterocycles. The van der Waals surface area contributed by atoms with Crippen molar-refractivity contribution in [1.29, 1.82) is 0 Å². The lowest BCUT2D eigenvalue weighted by Crippen LogP contribution is -2.51. The zero-order valence-corrected chi connectivity index (χ0v) is 31.4. The lowest BCUT2D eigenvalue weighted by atomic mass is 9.98. The van der Waals surface area contributed by atoms with Crippen molar-refractivity contribution in [3.63, 3.8) is 0 Å². The van der Waals surface area contributed by atoms with Crippen molar-refractivity contribution in [2.75, 3.05) is 33.9 Å². The zero-order chi connectivity index (χ0) is 38.6. The molecule has 4 amide bonds. The molecule has 0 aliphatic carbocycles. The van der Waals surface area contributed by atoms with Gasteiger partial charge in [0.05, 0.1) is 50.1 Å². The number of likely N-dealkylation sites (tertiary alicyclic amines) is 2. The Balaban J connectivity index is 1.02. The maximum absolute atomic E-state index is 13.6. The van der Waals surface area contributed by atoms with Gasteiger partial charge in [-0.1, -0.05) is 62.4 Å². The molecular weight excluding hydrogens is 701 g/mol. The van der Waals surface area contributed by atoms with E-state index in [0.717, 1.165) is 81.7 Å². The second-order valence-corrected chi connectivity index (χ2v) is 14.4. The topological polar surface area (TPSA) is 175 Å². The Morgan fingerprint density at radius 1 is 0.727 bits per heavy atom. The lowest BCUT2D eigenvalue weighted by Gasteiger charge is -2.30. The Morgan fingerprint density at radius 3 is 1.87 bits per heavy atom. The summed E-state index contributed by atoms with van der Waals surface area (Å²) in [5.41, 5.74) is 5.88. The highest BCUT2D eigenvalue weighted by Gasteiger charge is 2.37. The van der Waals surface area contributed by atoms with Gasteiger partial charge in [0, 0.05) is 18.7 Å². The molecular formula is C41H46N8O6. The minimum Gasteiger partial charge on any atom is -0.453 e. The van der Waals surface area contributed by atoms with Crippen molar-refractivity contribution in [1.82, 2.24) is 40.4 Å². The molecule has 2 fully saturated rings. The molecule has 2 aliphatic rings. The Bertz CT molecular complexity index is 2190. The van der Waals surface area contributed by atoms with Crippen LogP contribution in [-0.2, 0) is 19.1 Å². The number of carbonyl (C=O) groups excluding carboxylic acids is 4. The molecule has 14 heteroatoms. The fraction of sp³-hybridized carbons (Fsp3) is 0.366. The summed E-state index contributed by atoms with van der Waals surface area (Å²) in [7, 11) is 2.56.